The van der Waals surface area contributed by atoms with Crippen LogP contribution in [0.1, 0.15) is 16.1 Å². The molecule has 132 valence electrons. The van der Waals surface area contributed by atoms with E-state index in [-0.39, 0.29) is 5.91 Å². The highest BCUT2D eigenvalue weighted by molar-refractivity contribution is 6.07. The fourth-order valence-corrected chi connectivity index (χ4v) is 2.76. The van der Waals surface area contributed by atoms with Crippen LogP contribution in [0.25, 0.3) is 10.9 Å². The fourth-order valence-electron chi connectivity index (χ4n) is 2.76. The molecule has 3 aromatic heterocycles. The number of fused-ring (bicyclic) bond motifs is 1. The van der Waals surface area contributed by atoms with E-state index in [4.69, 9.17) is 0 Å². The number of hydrogen-bond acceptors (Lipinski definition) is 5. The van der Waals surface area contributed by atoms with Gasteiger partial charge >= 0.3 is 0 Å². The van der Waals surface area contributed by atoms with E-state index in [1.54, 1.807) is 30.9 Å². The third kappa shape index (κ3) is 3.90. The Labute approximate surface area is 156 Å². The van der Waals surface area contributed by atoms with Gasteiger partial charge in [-0.25, -0.2) is 0 Å². The number of amides is 1. The molecule has 2 N–H and O–H groups in total. The summed E-state index contributed by atoms with van der Waals surface area (Å²) in [7, 11) is 0. The zero-order chi connectivity index (χ0) is 18.5. The van der Waals surface area contributed by atoms with Gasteiger partial charge in [0.05, 0.1) is 11.2 Å². The second kappa shape index (κ2) is 7.61. The molecule has 0 aliphatic carbocycles. The first-order valence-corrected chi connectivity index (χ1v) is 8.53. The Kier molecular flexibility index (Phi) is 4.70. The zero-order valence-corrected chi connectivity index (χ0v) is 14.5. The first-order chi connectivity index (χ1) is 13.3. The average Bonchev–Trinajstić information content (AvgIpc) is 2.73. The SMILES string of the molecule is O=C(Nc1cccc2cccnc12)c1cc(NCc2cccnc2)ccn1. The summed E-state index contributed by atoms with van der Waals surface area (Å²) in [6, 6.07) is 16.9. The van der Waals surface area contributed by atoms with Crippen LogP contribution in [0.4, 0.5) is 11.4 Å². The number of hydrogen-bond donors (Lipinski definition) is 2. The molecule has 3 heterocycles. The van der Waals surface area contributed by atoms with Crippen LogP contribution in [0.2, 0.25) is 0 Å². The monoisotopic (exact) mass is 355 g/mol. The first kappa shape index (κ1) is 16.7. The second-order valence-electron chi connectivity index (χ2n) is 5.98. The van der Waals surface area contributed by atoms with Gasteiger partial charge in [-0.05, 0) is 35.9 Å². The molecule has 1 aromatic carbocycles. The van der Waals surface area contributed by atoms with E-state index in [1.165, 1.54) is 0 Å². The van der Waals surface area contributed by atoms with Crippen molar-refractivity contribution in [2.45, 2.75) is 6.54 Å². The Bertz CT molecular complexity index is 1080. The molecule has 0 fully saturated rings. The molecule has 0 aliphatic heterocycles. The Morgan fingerprint density at radius 1 is 0.926 bits per heavy atom. The van der Waals surface area contributed by atoms with Gasteiger partial charge in [0.25, 0.3) is 5.91 Å². The highest BCUT2D eigenvalue weighted by Crippen LogP contribution is 2.21. The lowest BCUT2D eigenvalue weighted by atomic mass is 10.2. The number of carbonyl (C=O) groups excluding carboxylic acids is 1. The summed E-state index contributed by atoms with van der Waals surface area (Å²) in [5.41, 5.74) is 3.61. The molecule has 6 heteroatoms. The van der Waals surface area contributed by atoms with Gasteiger partial charge in [-0.2, -0.15) is 0 Å². The van der Waals surface area contributed by atoms with Crippen molar-refractivity contribution in [2.75, 3.05) is 10.6 Å². The molecular formula is C21H17N5O. The highest BCUT2D eigenvalue weighted by atomic mass is 16.1. The zero-order valence-electron chi connectivity index (χ0n) is 14.5. The van der Waals surface area contributed by atoms with Crippen LogP contribution < -0.4 is 10.6 Å². The topological polar surface area (TPSA) is 79.8 Å². The van der Waals surface area contributed by atoms with Gasteiger partial charge < -0.3 is 10.6 Å². The number of nitrogens with one attached hydrogen (secondary N) is 2. The summed E-state index contributed by atoms with van der Waals surface area (Å²) in [6.45, 7) is 0.617. The molecule has 0 bridgehead atoms. The van der Waals surface area contributed by atoms with Gasteiger partial charge in [0.2, 0.25) is 0 Å². The smallest absolute Gasteiger partial charge is 0.274 e. The maximum absolute atomic E-state index is 12.6. The summed E-state index contributed by atoms with van der Waals surface area (Å²) in [5, 5.41) is 7.15. The number of para-hydroxylation sites is 1. The lowest BCUT2D eigenvalue weighted by Crippen LogP contribution is -2.14. The maximum Gasteiger partial charge on any atom is 0.274 e. The van der Waals surface area contributed by atoms with E-state index in [1.807, 2.05) is 48.5 Å². The Morgan fingerprint density at radius 3 is 2.70 bits per heavy atom. The molecule has 0 radical (unpaired) electrons. The third-order valence-corrected chi connectivity index (χ3v) is 4.09. The maximum atomic E-state index is 12.6. The Hall–Kier alpha value is -3.80. The average molecular weight is 355 g/mol. The van der Waals surface area contributed by atoms with Crippen molar-refractivity contribution in [3.63, 3.8) is 0 Å². The lowest BCUT2D eigenvalue weighted by molar-refractivity contribution is 0.102. The number of nitrogens with zero attached hydrogens (tertiary/aromatic N) is 3. The van der Waals surface area contributed by atoms with Gasteiger partial charge in [0, 0.05) is 42.4 Å². The number of rotatable bonds is 5. The van der Waals surface area contributed by atoms with Crippen molar-refractivity contribution in [1.29, 1.82) is 0 Å². The quantitative estimate of drug-likeness (QED) is 0.568. The molecule has 0 unspecified atom stereocenters. The number of pyridine rings is 3. The molecular weight excluding hydrogens is 338 g/mol. The summed E-state index contributed by atoms with van der Waals surface area (Å²) in [6.07, 6.45) is 6.86. The molecule has 6 nitrogen and oxygen atoms in total. The number of benzene rings is 1. The molecule has 0 aliphatic rings. The van der Waals surface area contributed by atoms with Gasteiger partial charge in [-0.3, -0.25) is 19.7 Å². The number of aromatic nitrogens is 3. The van der Waals surface area contributed by atoms with Crippen LogP contribution in [-0.4, -0.2) is 20.9 Å². The van der Waals surface area contributed by atoms with Gasteiger partial charge in [0.1, 0.15) is 5.69 Å². The van der Waals surface area contributed by atoms with Crippen LogP contribution in [0.5, 0.6) is 0 Å². The van der Waals surface area contributed by atoms with Crippen molar-refractivity contribution < 1.29 is 4.79 Å². The molecule has 0 saturated heterocycles. The minimum absolute atomic E-state index is 0.279. The largest absolute Gasteiger partial charge is 0.381 e. The second-order valence-corrected chi connectivity index (χ2v) is 5.98. The molecule has 4 rings (SSSR count). The third-order valence-electron chi connectivity index (χ3n) is 4.09. The number of carbonyl (C=O) groups is 1. The van der Waals surface area contributed by atoms with E-state index in [9.17, 15) is 4.79 Å². The van der Waals surface area contributed by atoms with E-state index in [2.05, 4.69) is 25.6 Å². The normalized spacial score (nSPS) is 10.5. The van der Waals surface area contributed by atoms with Crippen molar-refractivity contribution in [1.82, 2.24) is 15.0 Å². The minimum Gasteiger partial charge on any atom is -0.381 e. The van der Waals surface area contributed by atoms with Crippen LogP contribution in [-0.2, 0) is 6.54 Å². The van der Waals surface area contributed by atoms with Crippen molar-refractivity contribution in [3.8, 4) is 0 Å². The van der Waals surface area contributed by atoms with Crippen LogP contribution in [0, 0.1) is 0 Å². The van der Waals surface area contributed by atoms with Crippen LogP contribution in [0.3, 0.4) is 0 Å². The molecule has 4 aromatic rings. The van der Waals surface area contributed by atoms with E-state index in [0.717, 1.165) is 22.2 Å². The molecule has 1 amide bonds. The van der Waals surface area contributed by atoms with Crippen molar-refractivity contribution in [2.24, 2.45) is 0 Å². The van der Waals surface area contributed by atoms with E-state index < -0.39 is 0 Å². The van der Waals surface area contributed by atoms with Crippen molar-refractivity contribution >= 4 is 28.2 Å². The van der Waals surface area contributed by atoms with Crippen LogP contribution >= 0.6 is 0 Å². The molecule has 0 saturated carbocycles. The Balaban J connectivity index is 1.50. The van der Waals surface area contributed by atoms with Crippen molar-refractivity contribution in [3.05, 3.63) is 90.6 Å². The lowest BCUT2D eigenvalue weighted by Gasteiger charge is -2.09. The Morgan fingerprint density at radius 2 is 1.81 bits per heavy atom. The molecule has 27 heavy (non-hydrogen) atoms. The highest BCUT2D eigenvalue weighted by Gasteiger charge is 2.11. The van der Waals surface area contributed by atoms with Gasteiger partial charge in [0.15, 0.2) is 0 Å². The summed E-state index contributed by atoms with van der Waals surface area (Å²) in [5.74, 6) is -0.279. The molecule has 0 atom stereocenters. The summed E-state index contributed by atoms with van der Waals surface area (Å²) >= 11 is 0. The van der Waals surface area contributed by atoms with Gasteiger partial charge in [-0.1, -0.05) is 24.3 Å². The van der Waals surface area contributed by atoms with Gasteiger partial charge in [-0.15, -0.1) is 0 Å². The predicted molar refractivity (Wildman–Crippen MR) is 105 cm³/mol. The standard InChI is InChI=1S/C21H17N5O/c27-21(26-18-7-1-5-16-6-3-10-24-20(16)18)19-12-17(8-11-23-19)25-14-15-4-2-9-22-13-15/h1-13H,14H2,(H,23,25)(H,26,27). The number of anilines is 2. The summed E-state index contributed by atoms with van der Waals surface area (Å²) < 4.78 is 0. The first-order valence-electron chi connectivity index (χ1n) is 8.53. The predicted octanol–water partition coefficient (Wildman–Crippen LogP) is 3.89. The fraction of sp³-hybridized carbons (Fsp3) is 0.0476. The van der Waals surface area contributed by atoms with E-state index >= 15 is 0 Å². The van der Waals surface area contributed by atoms with Crippen LogP contribution in [0.15, 0.2) is 79.4 Å². The summed E-state index contributed by atoms with van der Waals surface area (Å²) in [4.78, 5) is 25.3. The van der Waals surface area contributed by atoms with E-state index in [0.29, 0.717) is 17.9 Å². The minimum atomic E-state index is -0.279. The molecule has 0 spiro atoms.